The Balaban J connectivity index is 1.56. The van der Waals surface area contributed by atoms with Gasteiger partial charge in [0.25, 0.3) is 5.91 Å². The summed E-state index contributed by atoms with van der Waals surface area (Å²) in [5, 5.41) is 6.82. The predicted octanol–water partition coefficient (Wildman–Crippen LogP) is 3.26. The molecule has 1 spiro atoms. The molecule has 1 aromatic heterocycles. The van der Waals surface area contributed by atoms with Gasteiger partial charge in [-0.1, -0.05) is 18.2 Å². The Kier molecular flexibility index (Phi) is 4.78. The van der Waals surface area contributed by atoms with E-state index in [0.29, 0.717) is 31.9 Å². The van der Waals surface area contributed by atoms with Gasteiger partial charge in [0.05, 0.1) is 11.5 Å². The summed E-state index contributed by atoms with van der Waals surface area (Å²) in [6, 6.07) is 11.4. The number of nitrogens with one attached hydrogen (secondary N) is 1. The van der Waals surface area contributed by atoms with Gasteiger partial charge in [-0.05, 0) is 36.4 Å². The molecule has 26 heavy (non-hydrogen) atoms. The summed E-state index contributed by atoms with van der Waals surface area (Å²) in [6.07, 6.45) is 1.63. The highest BCUT2D eigenvalue weighted by atomic mass is 32.1. The molecule has 2 aliphatic heterocycles. The molecule has 2 aliphatic rings. The first-order valence-corrected chi connectivity index (χ1v) is 9.87. The number of para-hydroxylation sites is 1. The molecule has 0 radical (unpaired) electrons. The molecular weight excluding hydrogens is 348 g/mol. The Morgan fingerprint density at radius 3 is 2.62 bits per heavy atom. The minimum absolute atomic E-state index is 0.00119. The molecule has 1 atom stereocenters. The smallest absolute Gasteiger partial charge is 0.254 e. The molecule has 0 bridgehead atoms. The standard InChI is InChI=1S/C20H22N2O3S/c23-18(21-16-4-2-1-3-5-16)17-12-22(19(24)15-6-11-26-13-15)14-20(17)7-9-25-10-8-20/h1-6,11,13,17H,7-10,12,14H2,(H,21,23)/t17-/m1/s1. The van der Waals surface area contributed by atoms with E-state index in [1.165, 1.54) is 11.3 Å². The fraction of sp³-hybridized carbons (Fsp3) is 0.400. The maximum atomic E-state index is 13.1. The summed E-state index contributed by atoms with van der Waals surface area (Å²) in [5.41, 5.74) is 1.31. The van der Waals surface area contributed by atoms with Crippen LogP contribution >= 0.6 is 11.3 Å². The van der Waals surface area contributed by atoms with Gasteiger partial charge in [0.15, 0.2) is 0 Å². The van der Waals surface area contributed by atoms with Crippen LogP contribution < -0.4 is 5.32 Å². The van der Waals surface area contributed by atoms with Gasteiger partial charge in [-0.15, -0.1) is 0 Å². The van der Waals surface area contributed by atoms with Crippen LogP contribution in [0.4, 0.5) is 5.69 Å². The van der Waals surface area contributed by atoms with Crippen molar-refractivity contribution < 1.29 is 14.3 Å². The number of nitrogens with zero attached hydrogens (tertiary/aromatic N) is 1. The molecule has 1 aromatic carbocycles. The molecule has 6 heteroatoms. The second-order valence-corrected chi connectivity index (χ2v) is 7.86. The zero-order valence-electron chi connectivity index (χ0n) is 14.5. The molecule has 2 fully saturated rings. The predicted molar refractivity (Wildman–Crippen MR) is 101 cm³/mol. The molecule has 1 N–H and O–H groups in total. The summed E-state index contributed by atoms with van der Waals surface area (Å²) in [7, 11) is 0. The number of thiophene rings is 1. The summed E-state index contributed by atoms with van der Waals surface area (Å²) >= 11 is 1.52. The summed E-state index contributed by atoms with van der Waals surface area (Å²) in [5.74, 6) is -0.194. The molecule has 2 aromatic rings. The normalized spacial score (nSPS) is 21.7. The first-order valence-electron chi connectivity index (χ1n) is 8.93. The van der Waals surface area contributed by atoms with E-state index in [9.17, 15) is 9.59 Å². The second kappa shape index (κ2) is 7.21. The zero-order valence-corrected chi connectivity index (χ0v) is 15.3. The van der Waals surface area contributed by atoms with Crippen molar-refractivity contribution in [1.29, 1.82) is 0 Å². The number of rotatable bonds is 3. The Labute approximate surface area is 157 Å². The number of benzene rings is 1. The van der Waals surface area contributed by atoms with Crippen LogP contribution in [0.3, 0.4) is 0 Å². The zero-order chi connectivity index (χ0) is 18.0. The maximum absolute atomic E-state index is 13.1. The molecule has 0 unspecified atom stereocenters. The Morgan fingerprint density at radius 2 is 1.92 bits per heavy atom. The van der Waals surface area contributed by atoms with Crippen LogP contribution in [-0.4, -0.2) is 43.0 Å². The molecule has 0 aliphatic carbocycles. The average molecular weight is 370 g/mol. The molecule has 5 nitrogen and oxygen atoms in total. The van der Waals surface area contributed by atoms with Crippen LogP contribution in [0.15, 0.2) is 47.2 Å². The number of hydrogen-bond donors (Lipinski definition) is 1. The third kappa shape index (κ3) is 3.27. The molecule has 136 valence electrons. The summed E-state index contributed by atoms with van der Waals surface area (Å²) in [4.78, 5) is 27.7. The molecule has 0 saturated carbocycles. The van der Waals surface area contributed by atoms with Crippen LogP contribution in [-0.2, 0) is 9.53 Å². The minimum Gasteiger partial charge on any atom is -0.381 e. The van der Waals surface area contributed by atoms with Crippen molar-refractivity contribution in [2.45, 2.75) is 12.8 Å². The lowest BCUT2D eigenvalue weighted by molar-refractivity contribution is -0.124. The number of carbonyl (C=O) groups is 2. The maximum Gasteiger partial charge on any atom is 0.254 e. The topological polar surface area (TPSA) is 58.6 Å². The Hall–Kier alpha value is -2.18. The highest BCUT2D eigenvalue weighted by Crippen LogP contribution is 2.45. The van der Waals surface area contributed by atoms with E-state index < -0.39 is 0 Å². The molecule has 3 heterocycles. The highest BCUT2D eigenvalue weighted by Gasteiger charge is 2.51. The quantitative estimate of drug-likeness (QED) is 0.902. The van der Waals surface area contributed by atoms with Crippen molar-refractivity contribution in [3.8, 4) is 0 Å². The van der Waals surface area contributed by atoms with E-state index in [0.717, 1.165) is 18.5 Å². The first kappa shape index (κ1) is 17.2. The SMILES string of the molecule is O=C(Nc1ccccc1)[C@H]1CN(C(=O)c2ccsc2)CC12CCOCC2. The van der Waals surface area contributed by atoms with Gasteiger partial charge in [-0.25, -0.2) is 0 Å². The molecule has 2 saturated heterocycles. The van der Waals surface area contributed by atoms with Crippen LogP contribution in [0.1, 0.15) is 23.2 Å². The van der Waals surface area contributed by atoms with Crippen LogP contribution in [0.25, 0.3) is 0 Å². The number of carbonyl (C=O) groups excluding carboxylic acids is 2. The molecule has 2 amide bonds. The van der Waals surface area contributed by atoms with E-state index in [1.807, 2.05) is 52.1 Å². The van der Waals surface area contributed by atoms with E-state index in [4.69, 9.17) is 4.74 Å². The van der Waals surface area contributed by atoms with Crippen molar-refractivity contribution in [2.24, 2.45) is 11.3 Å². The third-order valence-corrected chi connectivity index (χ3v) is 6.23. The fourth-order valence-electron chi connectivity index (χ4n) is 4.09. The summed E-state index contributed by atoms with van der Waals surface area (Å²) < 4.78 is 5.54. The highest BCUT2D eigenvalue weighted by molar-refractivity contribution is 7.08. The van der Waals surface area contributed by atoms with Crippen molar-refractivity contribution in [2.75, 3.05) is 31.6 Å². The first-order chi connectivity index (χ1) is 12.7. The van der Waals surface area contributed by atoms with Crippen molar-refractivity contribution in [1.82, 2.24) is 4.90 Å². The van der Waals surface area contributed by atoms with Gasteiger partial charge in [-0.2, -0.15) is 11.3 Å². The van der Waals surface area contributed by atoms with Gasteiger partial charge in [0.2, 0.25) is 5.91 Å². The van der Waals surface area contributed by atoms with E-state index >= 15 is 0 Å². The average Bonchev–Trinajstić information content (AvgIpc) is 3.31. The minimum atomic E-state index is -0.214. The largest absolute Gasteiger partial charge is 0.381 e. The van der Waals surface area contributed by atoms with E-state index in [-0.39, 0.29) is 23.1 Å². The van der Waals surface area contributed by atoms with Crippen molar-refractivity contribution >= 4 is 28.8 Å². The van der Waals surface area contributed by atoms with Crippen molar-refractivity contribution in [3.63, 3.8) is 0 Å². The lowest BCUT2D eigenvalue weighted by Crippen LogP contribution is -2.42. The number of ether oxygens (including phenoxy) is 1. The monoisotopic (exact) mass is 370 g/mol. The van der Waals surface area contributed by atoms with Crippen molar-refractivity contribution in [3.05, 3.63) is 52.7 Å². The van der Waals surface area contributed by atoms with Gasteiger partial charge in [0.1, 0.15) is 0 Å². The van der Waals surface area contributed by atoms with E-state index in [1.54, 1.807) is 0 Å². The number of hydrogen-bond acceptors (Lipinski definition) is 4. The Morgan fingerprint density at radius 1 is 1.15 bits per heavy atom. The van der Waals surface area contributed by atoms with Crippen LogP contribution in [0.2, 0.25) is 0 Å². The Bertz CT molecular complexity index is 770. The third-order valence-electron chi connectivity index (χ3n) is 5.55. The van der Waals surface area contributed by atoms with Gasteiger partial charge >= 0.3 is 0 Å². The molecule has 4 rings (SSSR count). The van der Waals surface area contributed by atoms with Gasteiger partial charge < -0.3 is 15.0 Å². The lowest BCUT2D eigenvalue weighted by Gasteiger charge is -2.37. The molecular formula is C20H22N2O3S. The summed E-state index contributed by atoms with van der Waals surface area (Å²) in [6.45, 7) is 2.39. The van der Waals surface area contributed by atoms with Gasteiger partial charge in [-0.3, -0.25) is 9.59 Å². The number of amides is 2. The number of anilines is 1. The van der Waals surface area contributed by atoms with E-state index in [2.05, 4.69) is 5.32 Å². The van der Waals surface area contributed by atoms with Crippen LogP contribution in [0, 0.1) is 11.3 Å². The lowest BCUT2D eigenvalue weighted by atomic mass is 9.71. The number of likely N-dealkylation sites (tertiary alicyclic amines) is 1. The fourth-order valence-corrected chi connectivity index (χ4v) is 4.72. The van der Waals surface area contributed by atoms with Gasteiger partial charge in [0, 0.05) is 42.8 Å². The van der Waals surface area contributed by atoms with Crippen LogP contribution in [0.5, 0.6) is 0 Å². The second-order valence-electron chi connectivity index (χ2n) is 7.08.